The van der Waals surface area contributed by atoms with Gasteiger partial charge in [0.15, 0.2) is 5.76 Å². The fraction of sp³-hybridized carbons (Fsp3) is 0.167. The lowest BCUT2D eigenvalue weighted by atomic mass is 10.2. The second-order valence-corrected chi connectivity index (χ2v) is 4.19. The summed E-state index contributed by atoms with van der Waals surface area (Å²) in [7, 11) is 0. The molecule has 0 atom stereocenters. The zero-order valence-corrected chi connectivity index (χ0v) is 10.1. The predicted molar refractivity (Wildman–Crippen MR) is 64.8 cm³/mol. The van der Waals surface area contributed by atoms with Crippen molar-refractivity contribution in [3.8, 4) is 0 Å². The van der Waals surface area contributed by atoms with E-state index in [2.05, 4.69) is 15.5 Å². The van der Waals surface area contributed by atoms with Gasteiger partial charge in [0.05, 0.1) is 16.8 Å². The molecule has 96 valence electrons. The molecule has 3 aromatic rings. The second-order valence-electron chi connectivity index (χ2n) is 4.19. The highest BCUT2D eigenvalue weighted by Gasteiger charge is 2.10. The molecule has 0 radical (unpaired) electrons. The Labute approximate surface area is 107 Å². The number of fused-ring (bicyclic) bond motifs is 1. The first-order chi connectivity index (χ1) is 9.13. The van der Waals surface area contributed by atoms with Gasteiger partial charge in [0, 0.05) is 6.07 Å². The molecule has 0 fully saturated rings. The van der Waals surface area contributed by atoms with Gasteiger partial charge in [-0.05, 0) is 25.1 Å². The minimum absolute atomic E-state index is 0.190. The number of aryl methyl sites for hydroxylation is 1. The summed E-state index contributed by atoms with van der Waals surface area (Å²) >= 11 is 0. The fourth-order valence-electron chi connectivity index (χ4n) is 1.86. The molecule has 19 heavy (non-hydrogen) atoms. The van der Waals surface area contributed by atoms with Gasteiger partial charge < -0.3 is 9.63 Å². The van der Waals surface area contributed by atoms with E-state index in [0.717, 1.165) is 11.2 Å². The number of carboxylic acid groups (broad SMARTS) is 1. The number of hydrogen-bond acceptors (Lipinski definition) is 5. The van der Waals surface area contributed by atoms with E-state index in [1.54, 1.807) is 10.7 Å². The quantitative estimate of drug-likeness (QED) is 0.764. The van der Waals surface area contributed by atoms with Crippen LogP contribution in [0.25, 0.3) is 11.0 Å². The van der Waals surface area contributed by atoms with E-state index in [-0.39, 0.29) is 5.56 Å². The highest BCUT2D eigenvalue weighted by molar-refractivity contribution is 5.92. The maximum Gasteiger partial charge on any atom is 0.335 e. The van der Waals surface area contributed by atoms with E-state index in [1.165, 1.54) is 12.1 Å². The van der Waals surface area contributed by atoms with E-state index in [0.29, 0.717) is 17.8 Å². The SMILES string of the molecule is Cc1cc(Cn2nnc3cc(C(=O)O)ccc32)on1. The molecule has 0 aliphatic heterocycles. The topological polar surface area (TPSA) is 94.0 Å². The van der Waals surface area contributed by atoms with Gasteiger partial charge in [0.25, 0.3) is 0 Å². The summed E-state index contributed by atoms with van der Waals surface area (Å²) in [6.07, 6.45) is 0. The van der Waals surface area contributed by atoms with Crippen LogP contribution >= 0.6 is 0 Å². The number of carbonyl (C=O) groups is 1. The van der Waals surface area contributed by atoms with Crippen molar-refractivity contribution in [3.63, 3.8) is 0 Å². The molecular formula is C12H10N4O3. The minimum atomic E-state index is -0.984. The van der Waals surface area contributed by atoms with E-state index in [4.69, 9.17) is 9.63 Å². The predicted octanol–water partition coefficient (Wildman–Crippen LogP) is 1.47. The van der Waals surface area contributed by atoms with Gasteiger partial charge in [-0.2, -0.15) is 0 Å². The molecule has 0 saturated heterocycles. The van der Waals surface area contributed by atoms with Gasteiger partial charge in [-0.15, -0.1) is 5.10 Å². The van der Waals surface area contributed by atoms with Crippen LogP contribution < -0.4 is 0 Å². The van der Waals surface area contributed by atoms with Crippen molar-refractivity contribution in [1.82, 2.24) is 20.2 Å². The first-order valence-electron chi connectivity index (χ1n) is 5.62. The summed E-state index contributed by atoms with van der Waals surface area (Å²) in [5.41, 5.74) is 2.28. The highest BCUT2D eigenvalue weighted by Crippen LogP contribution is 2.15. The molecule has 7 heteroatoms. The molecule has 0 aliphatic rings. The molecule has 3 rings (SSSR count). The third kappa shape index (κ3) is 2.05. The molecule has 0 saturated carbocycles. The number of rotatable bonds is 3. The molecule has 2 heterocycles. The average molecular weight is 258 g/mol. The molecule has 0 amide bonds. The van der Waals surface area contributed by atoms with Crippen LogP contribution in [0.2, 0.25) is 0 Å². The van der Waals surface area contributed by atoms with Crippen molar-refractivity contribution < 1.29 is 14.4 Å². The molecule has 1 aromatic carbocycles. The lowest BCUT2D eigenvalue weighted by Gasteiger charge is -1.98. The zero-order valence-electron chi connectivity index (χ0n) is 10.1. The summed E-state index contributed by atoms with van der Waals surface area (Å²) in [5, 5.41) is 20.6. The maximum absolute atomic E-state index is 10.9. The standard InChI is InChI=1S/C12H10N4O3/c1-7-4-9(19-14-7)6-16-11-3-2-8(12(17)18)5-10(11)13-15-16/h2-5H,6H2,1H3,(H,17,18). The Kier molecular flexibility index (Phi) is 2.52. The zero-order chi connectivity index (χ0) is 13.4. The van der Waals surface area contributed by atoms with E-state index in [1.807, 2.05) is 13.0 Å². The third-order valence-electron chi connectivity index (χ3n) is 2.74. The van der Waals surface area contributed by atoms with E-state index >= 15 is 0 Å². The van der Waals surface area contributed by atoms with Crippen LogP contribution in [-0.2, 0) is 6.54 Å². The number of carboxylic acids is 1. The van der Waals surface area contributed by atoms with Crippen molar-refractivity contribution in [1.29, 1.82) is 0 Å². The number of nitrogens with zero attached hydrogens (tertiary/aromatic N) is 4. The van der Waals surface area contributed by atoms with Gasteiger partial charge in [-0.3, -0.25) is 0 Å². The van der Waals surface area contributed by atoms with Crippen molar-refractivity contribution in [2.24, 2.45) is 0 Å². The van der Waals surface area contributed by atoms with Crippen LogP contribution in [0.5, 0.6) is 0 Å². The number of aromatic carboxylic acids is 1. The molecule has 1 N–H and O–H groups in total. The van der Waals surface area contributed by atoms with Gasteiger partial charge >= 0.3 is 5.97 Å². The summed E-state index contributed by atoms with van der Waals surface area (Å²) in [4.78, 5) is 10.9. The smallest absolute Gasteiger partial charge is 0.335 e. The van der Waals surface area contributed by atoms with Crippen LogP contribution in [0, 0.1) is 6.92 Å². The van der Waals surface area contributed by atoms with Gasteiger partial charge in [-0.25, -0.2) is 9.48 Å². The second kappa shape index (κ2) is 4.20. The number of aromatic nitrogens is 4. The maximum atomic E-state index is 10.9. The van der Waals surface area contributed by atoms with E-state index in [9.17, 15) is 4.79 Å². The van der Waals surface area contributed by atoms with Gasteiger partial charge in [0.1, 0.15) is 12.1 Å². The molecule has 0 bridgehead atoms. The van der Waals surface area contributed by atoms with Crippen LogP contribution in [0.3, 0.4) is 0 Å². The largest absolute Gasteiger partial charge is 0.478 e. The molecule has 2 aromatic heterocycles. The molecular weight excluding hydrogens is 248 g/mol. The third-order valence-corrected chi connectivity index (χ3v) is 2.74. The Morgan fingerprint density at radius 2 is 2.26 bits per heavy atom. The Bertz CT molecular complexity index is 759. The monoisotopic (exact) mass is 258 g/mol. The summed E-state index contributed by atoms with van der Waals surface area (Å²) < 4.78 is 6.76. The van der Waals surface area contributed by atoms with Gasteiger partial charge in [-0.1, -0.05) is 10.4 Å². The summed E-state index contributed by atoms with van der Waals surface area (Å²) in [6, 6.07) is 6.52. The average Bonchev–Trinajstić information content (AvgIpc) is 2.96. The highest BCUT2D eigenvalue weighted by atomic mass is 16.5. The van der Waals surface area contributed by atoms with Crippen LogP contribution in [0.1, 0.15) is 21.8 Å². The van der Waals surface area contributed by atoms with Crippen molar-refractivity contribution >= 4 is 17.0 Å². The lowest BCUT2D eigenvalue weighted by molar-refractivity contribution is 0.0697. The lowest BCUT2D eigenvalue weighted by Crippen LogP contribution is -2.01. The molecule has 0 spiro atoms. The Morgan fingerprint density at radius 3 is 2.95 bits per heavy atom. The normalized spacial score (nSPS) is 11.0. The first kappa shape index (κ1) is 11.4. The van der Waals surface area contributed by atoms with Crippen molar-refractivity contribution in [2.45, 2.75) is 13.5 Å². The number of benzene rings is 1. The Hall–Kier alpha value is -2.70. The first-order valence-corrected chi connectivity index (χ1v) is 5.62. The molecule has 7 nitrogen and oxygen atoms in total. The fourth-order valence-corrected chi connectivity index (χ4v) is 1.86. The number of hydrogen-bond donors (Lipinski definition) is 1. The van der Waals surface area contributed by atoms with Crippen LogP contribution in [0.15, 0.2) is 28.8 Å². The van der Waals surface area contributed by atoms with Gasteiger partial charge in [0.2, 0.25) is 0 Å². The molecule has 0 aliphatic carbocycles. The van der Waals surface area contributed by atoms with Crippen molar-refractivity contribution in [3.05, 3.63) is 41.3 Å². The van der Waals surface area contributed by atoms with Crippen LogP contribution in [-0.4, -0.2) is 31.2 Å². The molecule has 0 unspecified atom stereocenters. The Balaban J connectivity index is 1.99. The summed E-state index contributed by atoms with van der Waals surface area (Å²) in [6.45, 7) is 2.25. The minimum Gasteiger partial charge on any atom is -0.478 e. The van der Waals surface area contributed by atoms with Crippen LogP contribution in [0.4, 0.5) is 0 Å². The van der Waals surface area contributed by atoms with Crippen molar-refractivity contribution in [2.75, 3.05) is 0 Å². The summed E-state index contributed by atoms with van der Waals surface area (Å²) in [5.74, 6) is -0.311. The van der Waals surface area contributed by atoms with E-state index < -0.39 is 5.97 Å². The Morgan fingerprint density at radius 1 is 1.42 bits per heavy atom.